The molecule has 1 unspecified atom stereocenters. The molecule has 2 aromatic carbocycles. The molecule has 164 valence electrons. The van der Waals surface area contributed by atoms with Crippen LogP contribution in [-0.2, 0) is 19.9 Å². The average molecular weight is 464 g/mol. The Bertz CT molecular complexity index is 1270. The van der Waals surface area contributed by atoms with Gasteiger partial charge in [-0.1, -0.05) is 17.7 Å². The molecule has 1 atom stereocenters. The van der Waals surface area contributed by atoms with Gasteiger partial charge in [0.25, 0.3) is 0 Å². The van der Waals surface area contributed by atoms with Crippen LogP contribution in [0.1, 0.15) is 16.6 Å². The molecule has 0 fully saturated rings. The van der Waals surface area contributed by atoms with Gasteiger partial charge in [0.2, 0.25) is 10.0 Å². The summed E-state index contributed by atoms with van der Waals surface area (Å²) in [5.41, 5.74) is 0.910. The van der Waals surface area contributed by atoms with Gasteiger partial charge < -0.3 is 13.9 Å². The van der Waals surface area contributed by atoms with E-state index in [0.717, 1.165) is 5.56 Å². The highest BCUT2D eigenvalue weighted by molar-refractivity contribution is 7.92. The zero-order valence-corrected chi connectivity index (χ0v) is 18.3. The number of aryl methyl sites for hydroxylation is 1. The van der Waals surface area contributed by atoms with Crippen LogP contribution in [-0.4, -0.2) is 36.6 Å². The smallest absolute Gasteiger partial charge is 0.240 e. The van der Waals surface area contributed by atoms with E-state index in [1.807, 2.05) is 6.92 Å². The lowest BCUT2D eigenvalue weighted by atomic mass is 10.2. The summed E-state index contributed by atoms with van der Waals surface area (Å²) in [7, 11) is -7.95. The molecule has 1 aliphatic heterocycles. The molecule has 3 aromatic rings. The maximum absolute atomic E-state index is 13.3. The molecule has 1 aromatic heterocycles. The Morgan fingerprint density at radius 2 is 1.58 bits per heavy atom. The van der Waals surface area contributed by atoms with Gasteiger partial charge in [-0.25, -0.2) is 21.6 Å². The van der Waals surface area contributed by atoms with Gasteiger partial charge in [0.05, 0.1) is 16.1 Å². The molecule has 0 spiro atoms. The van der Waals surface area contributed by atoms with Crippen LogP contribution in [0, 0.1) is 6.92 Å². The molecule has 0 saturated heterocycles. The molecule has 10 heteroatoms. The van der Waals surface area contributed by atoms with E-state index in [1.54, 1.807) is 18.2 Å². The highest BCUT2D eigenvalue weighted by Crippen LogP contribution is 2.33. The van der Waals surface area contributed by atoms with Gasteiger partial charge >= 0.3 is 0 Å². The molecule has 0 radical (unpaired) electrons. The first-order valence-corrected chi connectivity index (χ1v) is 12.5. The number of sulfonamides is 1. The second-order valence-corrected chi connectivity index (χ2v) is 10.9. The van der Waals surface area contributed by atoms with E-state index in [4.69, 9.17) is 13.9 Å². The highest BCUT2D eigenvalue weighted by Gasteiger charge is 2.33. The third-order valence-corrected chi connectivity index (χ3v) is 8.37. The van der Waals surface area contributed by atoms with E-state index in [-0.39, 0.29) is 15.6 Å². The van der Waals surface area contributed by atoms with E-state index in [9.17, 15) is 16.8 Å². The standard InChI is InChI=1S/C21H21NO7S2/c1-15-4-6-16(7-5-15)30(23,24)21(19-3-2-10-27-19)14-22-31(25,26)17-8-9-18-20(13-17)29-12-11-28-18/h2-10,13,21-22H,11-12,14H2,1H3. The Labute approximate surface area is 180 Å². The van der Waals surface area contributed by atoms with Crippen LogP contribution in [0.5, 0.6) is 11.5 Å². The first kappa shape index (κ1) is 21.4. The summed E-state index contributed by atoms with van der Waals surface area (Å²) in [4.78, 5) is 0.0284. The third-order valence-electron chi connectivity index (χ3n) is 4.87. The van der Waals surface area contributed by atoms with Gasteiger partial charge in [-0.05, 0) is 43.3 Å². The summed E-state index contributed by atoms with van der Waals surface area (Å²) >= 11 is 0. The fourth-order valence-electron chi connectivity index (χ4n) is 3.19. The lowest BCUT2D eigenvalue weighted by Crippen LogP contribution is -2.32. The predicted molar refractivity (Wildman–Crippen MR) is 112 cm³/mol. The molecule has 1 aliphatic rings. The molecular formula is C21H21NO7S2. The minimum absolute atomic E-state index is 0.0531. The molecule has 0 aliphatic carbocycles. The number of hydrogen-bond acceptors (Lipinski definition) is 7. The Kier molecular flexibility index (Phi) is 5.78. The minimum atomic E-state index is -4.02. The first-order valence-electron chi connectivity index (χ1n) is 9.51. The molecule has 31 heavy (non-hydrogen) atoms. The number of nitrogens with one attached hydrogen (secondary N) is 1. The third kappa shape index (κ3) is 4.46. The van der Waals surface area contributed by atoms with Crippen LogP contribution in [0.25, 0.3) is 0 Å². The molecule has 2 heterocycles. The normalized spacial score (nSPS) is 14.9. The number of ether oxygens (including phenoxy) is 2. The highest BCUT2D eigenvalue weighted by atomic mass is 32.2. The van der Waals surface area contributed by atoms with E-state index >= 15 is 0 Å². The van der Waals surface area contributed by atoms with Crippen molar-refractivity contribution in [3.8, 4) is 11.5 Å². The average Bonchev–Trinajstić information content (AvgIpc) is 3.28. The SMILES string of the molecule is Cc1ccc(S(=O)(=O)C(CNS(=O)(=O)c2ccc3c(c2)OCCO3)c2ccco2)cc1. The predicted octanol–water partition coefficient (Wildman–Crippen LogP) is 2.85. The van der Waals surface area contributed by atoms with Gasteiger partial charge in [-0.15, -0.1) is 0 Å². The summed E-state index contributed by atoms with van der Waals surface area (Å²) in [5.74, 6) is 0.926. The number of hydrogen-bond donors (Lipinski definition) is 1. The van der Waals surface area contributed by atoms with Crippen molar-refractivity contribution in [1.82, 2.24) is 4.72 Å². The van der Waals surface area contributed by atoms with Crippen molar-refractivity contribution in [2.75, 3.05) is 19.8 Å². The molecule has 4 rings (SSSR count). The van der Waals surface area contributed by atoms with Gasteiger partial charge in [-0.2, -0.15) is 0 Å². The van der Waals surface area contributed by atoms with Gasteiger partial charge in [0.1, 0.15) is 24.2 Å². The Morgan fingerprint density at radius 3 is 2.26 bits per heavy atom. The van der Waals surface area contributed by atoms with Crippen LogP contribution in [0.4, 0.5) is 0 Å². The van der Waals surface area contributed by atoms with Gasteiger partial charge in [-0.3, -0.25) is 0 Å². The van der Waals surface area contributed by atoms with Gasteiger partial charge in [0, 0.05) is 12.6 Å². The molecule has 0 saturated carbocycles. The zero-order chi connectivity index (χ0) is 22.1. The zero-order valence-electron chi connectivity index (χ0n) is 16.6. The van der Waals surface area contributed by atoms with Crippen LogP contribution in [0.3, 0.4) is 0 Å². The number of furan rings is 1. The fraction of sp³-hybridized carbons (Fsp3) is 0.238. The molecule has 0 bridgehead atoms. The quantitative estimate of drug-likeness (QED) is 0.573. The largest absolute Gasteiger partial charge is 0.486 e. The molecular weight excluding hydrogens is 442 g/mol. The monoisotopic (exact) mass is 463 g/mol. The summed E-state index contributed by atoms with van der Waals surface area (Å²) in [5, 5.41) is -1.24. The topological polar surface area (TPSA) is 112 Å². The van der Waals surface area contributed by atoms with Crippen LogP contribution in [0.2, 0.25) is 0 Å². The molecule has 0 amide bonds. The van der Waals surface area contributed by atoms with Crippen molar-refractivity contribution in [2.45, 2.75) is 22.0 Å². The number of rotatable bonds is 7. The van der Waals surface area contributed by atoms with Crippen LogP contribution in [0.15, 0.2) is 75.1 Å². The van der Waals surface area contributed by atoms with Crippen molar-refractivity contribution < 1.29 is 30.7 Å². The van der Waals surface area contributed by atoms with Crippen LogP contribution >= 0.6 is 0 Å². The van der Waals surface area contributed by atoms with Crippen LogP contribution < -0.4 is 14.2 Å². The second kappa shape index (κ2) is 8.37. The van der Waals surface area contributed by atoms with Crippen molar-refractivity contribution >= 4 is 19.9 Å². The maximum Gasteiger partial charge on any atom is 0.240 e. The van der Waals surface area contributed by atoms with E-state index in [2.05, 4.69) is 4.72 Å². The number of fused-ring (bicyclic) bond motifs is 1. The summed E-state index contributed by atoms with van der Waals surface area (Å²) in [6.07, 6.45) is 1.35. The van der Waals surface area contributed by atoms with Crippen molar-refractivity contribution in [3.05, 3.63) is 72.2 Å². The lowest BCUT2D eigenvalue weighted by molar-refractivity contribution is 0.171. The second-order valence-electron chi connectivity index (χ2n) is 7.02. The van der Waals surface area contributed by atoms with Gasteiger partial charge in [0.15, 0.2) is 21.3 Å². The summed E-state index contributed by atoms with van der Waals surface area (Å²) in [6.45, 7) is 2.15. The summed E-state index contributed by atoms with van der Waals surface area (Å²) in [6, 6.07) is 13.7. The number of sulfone groups is 1. The van der Waals surface area contributed by atoms with Crippen molar-refractivity contribution in [2.24, 2.45) is 0 Å². The lowest BCUT2D eigenvalue weighted by Gasteiger charge is -2.20. The summed E-state index contributed by atoms with van der Waals surface area (Å²) < 4.78 is 70.8. The first-order chi connectivity index (χ1) is 14.8. The minimum Gasteiger partial charge on any atom is -0.486 e. The van der Waals surface area contributed by atoms with E-state index in [0.29, 0.717) is 24.7 Å². The van der Waals surface area contributed by atoms with E-state index in [1.165, 1.54) is 42.7 Å². The maximum atomic E-state index is 13.3. The Morgan fingerprint density at radius 1 is 0.903 bits per heavy atom. The van der Waals surface area contributed by atoms with Crippen molar-refractivity contribution in [3.63, 3.8) is 0 Å². The van der Waals surface area contributed by atoms with E-state index < -0.39 is 31.7 Å². The Balaban J connectivity index is 1.62. The molecule has 8 nitrogen and oxygen atoms in total. The molecule has 1 N–H and O–H groups in total. The fourth-order valence-corrected chi connectivity index (χ4v) is 5.94. The van der Waals surface area contributed by atoms with Crippen molar-refractivity contribution in [1.29, 1.82) is 0 Å². The number of benzene rings is 2. The Hall–Kier alpha value is -2.82.